The molecule has 76 heavy (non-hydrogen) atoms. The van der Waals surface area contributed by atoms with E-state index in [4.69, 9.17) is 0 Å². The van der Waals surface area contributed by atoms with Crippen LogP contribution in [-0.2, 0) is 10.8 Å². The summed E-state index contributed by atoms with van der Waals surface area (Å²) < 4.78 is 0. The first kappa shape index (κ1) is 43.3. The second-order valence-electron chi connectivity index (χ2n) is 22.6. The highest BCUT2D eigenvalue weighted by Crippen LogP contribution is 2.58. The third kappa shape index (κ3) is 5.96. The molecule has 0 unspecified atom stereocenters. The summed E-state index contributed by atoms with van der Waals surface area (Å²) in [6.07, 6.45) is 0. The van der Waals surface area contributed by atoms with Crippen molar-refractivity contribution in [1.29, 1.82) is 0 Å². The van der Waals surface area contributed by atoms with Gasteiger partial charge in [-0.15, -0.1) is 0 Å². The minimum Gasteiger partial charge on any atom is -0.0616 e. The molecule has 0 spiro atoms. The fraction of sp³-hybridized carbons (Fsp3) is 0.0789. The van der Waals surface area contributed by atoms with Crippen LogP contribution in [-0.4, -0.2) is 0 Å². The highest BCUT2D eigenvalue weighted by Gasteiger charge is 2.40. The molecule has 0 aromatic heterocycles. The molecule has 0 heterocycles. The lowest BCUT2D eigenvalue weighted by atomic mass is 9.62. The van der Waals surface area contributed by atoms with Crippen molar-refractivity contribution < 1.29 is 0 Å². The molecule has 0 fully saturated rings. The molecule has 0 amide bonds. The van der Waals surface area contributed by atoms with Crippen molar-refractivity contribution >= 4 is 75.4 Å². The van der Waals surface area contributed by atoms with Crippen LogP contribution >= 0.6 is 0 Å². The van der Waals surface area contributed by atoms with E-state index in [9.17, 15) is 0 Å². The fourth-order valence-corrected chi connectivity index (χ4v) is 14.4. The summed E-state index contributed by atoms with van der Waals surface area (Å²) in [5.41, 5.74) is 20.5. The summed E-state index contributed by atoms with van der Waals surface area (Å²) in [5.74, 6) is 0. The van der Waals surface area contributed by atoms with E-state index in [1.807, 2.05) is 0 Å². The topological polar surface area (TPSA) is 0 Å². The first-order chi connectivity index (χ1) is 37.2. The molecule has 0 nitrogen and oxygen atoms in total. The Morgan fingerprint density at radius 1 is 0.211 bits per heavy atom. The van der Waals surface area contributed by atoms with E-state index >= 15 is 0 Å². The van der Waals surface area contributed by atoms with E-state index in [0.29, 0.717) is 0 Å². The van der Waals surface area contributed by atoms with E-state index in [-0.39, 0.29) is 10.8 Å². The minimum absolute atomic E-state index is 0.262. The Hall–Kier alpha value is -9.10. The zero-order chi connectivity index (χ0) is 50.6. The van der Waals surface area contributed by atoms with Gasteiger partial charge in [0.1, 0.15) is 0 Å². The molecule has 0 bridgehead atoms. The Bertz CT molecular complexity index is 4440. The van der Waals surface area contributed by atoms with Crippen LogP contribution in [0.4, 0.5) is 0 Å². The lowest BCUT2D eigenvalue weighted by Crippen LogP contribution is -2.28. The molecule has 14 aromatic carbocycles. The van der Waals surface area contributed by atoms with Crippen LogP contribution in [0.5, 0.6) is 0 Å². The van der Waals surface area contributed by atoms with Gasteiger partial charge in [0.2, 0.25) is 0 Å². The van der Waals surface area contributed by atoms with Gasteiger partial charge in [-0.25, -0.2) is 0 Å². The van der Waals surface area contributed by atoms with Crippen LogP contribution in [0.1, 0.15) is 49.9 Å². The predicted molar refractivity (Wildman–Crippen MR) is 326 cm³/mol. The second-order valence-corrected chi connectivity index (χ2v) is 22.6. The maximum Gasteiger partial charge on any atom is 0.0159 e. The van der Waals surface area contributed by atoms with Crippen LogP contribution in [0.25, 0.3) is 142 Å². The van der Waals surface area contributed by atoms with E-state index in [2.05, 4.69) is 270 Å². The van der Waals surface area contributed by atoms with Crippen LogP contribution in [0.2, 0.25) is 0 Å². The summed E-state index contributed by atoms with van der Waals surface area (Å²) in [7, 11) is 0. The molecule has 0 heteroatoms. The molecule has 0 atom stereocenters. The molecule has 14 aromatic rings. The predicted octanol–water partition coefficient (Wildman–Crippen LogP) is 21.0. The Balaban J connectivity index is 0.856. The number of hydrogen-bond donors (Lipinski definition) is 0. The Morgan fingerprint density at radius 2 is 0.474 bits per heavy atom. The van der Waals surface area contributed by atoms with Gasteiger partial charge >= 0.3 is 0 Å². The number of benzene rings is 14. The summed E-state index contributed by atoms with van der Waals surface area (Å²) in [6, 6.07) is 92.1. The SMILES string of the molecule is CC1(C)c2cc(-c3c4ccccc4c(-c4ccc5ccccc5c4)c4ccccc34)ccc2-c2ccc3c4c(ccc1c24)C(C)(C)c1cc(-c2c4ccccc4c(-c4ccc5ccccc5c4)c4ccccc24)ccc1-3. The molecular weight excluding hydrogens is 913 g/mol. The summed E-state index contributed by atoms with van der Waals surface area (Å²) >= 11 is 0. The lowest BCUT2D eigenvalue weighted by Gasteiger charge is -2.41. The van der Waals surface area contributed by atoms with Gasteiger partial charge < -0.3 is 0 Å². The molecule has 0 aliphatic heterocycles. The summed E-state index contributed by atoms with van der Waals surface area (Å²) in [6.45, 7) is 9.82. The molecule has 0 saturated heterocycles. The third-order valence-electron chi connectivity index (χ3n) is 18.0. The van der Waals surface area contributed by atoms with Crippen LogP contribution in [0, 0.1) is 0 Å². The van der Waals surface area contributed by atoms with Crippen LogP contribution < -0.4 is 0 Å². The van der Waals surface area contributed by atoms with E-state index in [0.717, 1.165) is 0 Å². The van der Waals surface area contributed by atoms with Gasteiger partial charge in [0.15, 0.2) is 0 Å². The zero-order valence-electron chi connectivity index (χ0n) is 43.1. The van der Waals surface area contributed by atoms with Crippen molar-refractivity contribution in [1.82, 2.24) is 0 Å². The third-order valence-corrected chi connectivity index (χ3v) is 18.0. The van der Waals surface area contributed by atoms with Crippen molar-refractivity contribution in [3.05, 3.63) is 265 Å². The van der Waals surface area contributed by atoms with Crippen molar-refractivity contribution in [2.24, 2.45) is 0 Å². The monoisotopic (exact) mass is 964 g/mol. The molecule has 16 rings (SSSR count). The Labute approximate surface area is 443 Å². The van der Waals surface area contributed by atoms with E-state index < -0.39 is 0 Å². The average molecular weight is 965 g/mol. The van der Waals surface area contributed by atoms with Crippen LogP contribution in [0.3, 0.4) is 0 Å². The lowest BCUT2D eigenvalue weighted by molar-refractivity contribution is 0.633. The minimum atomic E-state index is -0.262. The van der Waals surface area contributed by atoms with Crippen molar-refractivity contribution in [2.75, 3.05) is 0 Å². The van der Waals surface area contributed by atoms with Gasteiger partial charge in [-0.1, -0.05) is 246 Å². The zero-order valence-corrected chi connectivity index (χ0v) is 43.1. The van der Waals surface area contributed by atoms with Gasteiger partial charge in [0, 0.05) is 10.8 Å². The van der Waals surface area contributed by atoms with E-state index in [1.165, 1.54) is 164 Å². The largest absolute Gasteiger partial charge is 0.0616 e. The highest BCUT2D eigenvalue weighted by atomic mass is 14.4. The average Bonchev–Trinajstić information content (AvgIpc) is 3.49. The van der Waals surface area contributed by atoms with Crippen molar-refractivity contribution in [3.63, 3.8) is 0 Å². The molecule has 2 aliphatic carbocycles. The maximum atomic E-state index is 2.53. The molecule has 0 N–H and O–H groups in total. The summed E-state index contributed by atoms with van der Waals surface area (Å²) in [5, 5.41) is 18.1. The fourth-order valence-electron chi connectivity index (χ4n) is 14.4. The first-order valence-electron chi connectivity index (χ1n) is 27.0. The Morgan fingerprint density at radius 3 is 0.803 bits per heavy atom. The van der Waals surface area contributed by atoms with Crippen molar-refractivity contribution in [3.8, 4) is 66.8 Å². The van der Waals surface area contributed by atoms with Gasteiger partial charge in [0.05, 0.1) is 0 Å². The van der Waals surface area contributed by atoms with Crippen LogP contribution in [0.15, 0.2) is 243 Å². The van der Waals surface area contributed by atoms with Gasteiger partial charge in [-0.2, -0.15) is 0 Å². The molecule has 0 radical (unpaired) electrons. The van der Waals surface area contributed by atoms with Gasteiger partial charge in [-0.05, 0) is 189 Å². The van der Waals surface area contributed by atoms with Gasteiger partial charge in [0.25, 0.3) is 0 Å². The normalized spacial score (nSPS) is 14.0. The molecule has 0 saturated carbocycles. The number of fused-ring (bicyclic) bond motifs is 10. The second kappa shape index (κ2) is 15.7. The molecule has 356 valence electrons. The standard InChI is InChI=1S/C76H52/c1-75(2)65-39-40-66-74-64(54-36-34-52(44-68(54)76(66,3)4)72-61-27-15-11-23-57(61)70(58-24-12-16-28-62(58)72)50-32-30-46-18-6-8-20-48(46)42-50)38-37-63(73(65)74)53-35-33-51(43-67(53)75)71-59-25-13-9-21-55(59)69(56-22-10-14-26-60(56)71)49-31-29-45-17-5-7-19-47(45)41-49/h5-44H,1-4H3. The molecular formula is C76H52. The van der Waals surface area contributed by atoms with E-state index in [1.54, 1.807) is 0 Å². The van der Waals surface area contributed by atoms with Gasteiger partial charge in [-0.3, -0.25) is 0 Å². The quantitative estimate of drug-likeness (QED) is 0.154. The number of rotatable bonds is 4. The maximum absolute atomic E-state index is 2.53. The number of hydrogen-bond acceptors (Lipinski definition) is 0. The smallest absolute Gasteiger partial charge is 0.0159 e. The summed E-state index contributed by atoms with van der Waals surface area (Å²) in [4.78, 5) is 0. The first-order valence-corrected chi connectivity index (χ1v) is 27.0. The molecule has 2 aliphatic rings. The Kier molecular flexibility index (Phi) is 8.96. The highest BCUT2D eigenvalue weighted by molar-refractivity contribution is 6.24. The van der Waals surface area contributed by atoms with Crippen molar-refractivity contribution in [2.45, 2.75) is 38.5 Å².